The van der Waals surface area contributed by atoms with Crippen molar-refractivity contribution in [2.24, 2.45) is 5.10 Å². The summed E-state index contributed by atoms with van der Waals surface area (Å²) < 4.78 is 20.9. The van der Waals surface area contributed by atoms with Crippen LogP contribution >= 0.6 is 0 Å². The van der Waals surface area contributed by atoms with E-state index in [1.807, 2.05) is 41.1 Å². The summed E-state index contributed by atoms with van der Waals surface area (Å²) in [5.41, 5.74) is 5.31. The van der Waals surface area contributed by atoms with Gasteiger partial charge in [-0.1, -0.05) is 18.2 Å². The molecule has 5 rings (SSSR count). The van der Waals surface area contributed by atoms with E-state index in [0.717, 1.165) is 22.0 Å². The maximum absolute atomic E-state index is 13.5. The molecule has 34 heavy (non-hydrogen) atoms. The van der Waals surface area contributed by atoms with Crippen LogP contribution in [-0.2, 0) is 6.54 Å². The highest BCUT2D eigenvalue weighted by atomic mass is 19.1. The second-order valence-electron chi connectivity index (χ2n) is 7.68. The van der Waals surface area contributed by atoms with Crippen molar-refractivity contribution in [3.8, 4) is 0 Å². The van der Waals surface area contributed by atoms with Gasteiger partial charge < -0.3 is 8.98 Å². The van der Waals surface area contributed by atoms with Crippen LogP contribution < -0.4 is 5.43 Å². The monoisotopic (exact) mass is 456 g/mol. The molecule has 0 fully saturated rings. The standard InChI is InChI=1S/C25H17FN4O4/c26-20-3-1-2-17(11-20)15-29-9-8-18-10-16(4-6-22(18)29)14-27-28-25(31)24-13-19-12-21(30(32)33)5-7-23(19)34-24/h1-14H,15H2,(H,28,31)/b27-14+. The molecule has 2 heterocycles. The quantitative estimate of drug-likeness (QED) is 0.214. The number of non-ortho nitro benzene ring substituents is 1. The minimum absolute atomic E-state index is 0.00229. The van der Waals surface area contributed by atoms with Crippen molar-refractivity contribution < 1.29 is 18.5 Å². The molecule has 168 valence electrons. The lowest BCUT2D eigenvalue weighted by molar-refractivity contribution is -0.384. The van der Waals surface area contributed by atoms with E-state index in [4.69, 9.17) is 4.42 Å². The van der Waals surface area contributed by atoms with Crippen molar-refractivity contribution in [2.45, 2.75) is 6.54 Å². The molecule has 0 radical (unpaired) electrons. The number of nitrogens with one attached hydrogen (secondary N) is 1. The first-order chi connectivity index (χ1) is 16.5. The zero-order chi connectivity index (χ0) is 23.7. The Kier molecular flexibility index (Phi) is 5.35. The maximum Gasteiger partial charge on any atom is 0.307 e. The first kappa shape index (κ1) is 21.1. The summed E-state index contributed by atoms with van der Waals surface area (Å²) in [6, 6.07) is 19.7. The number of amides is 1. The molecule has 0 aliphatic carbocycles. The summed E-state index contributed by atoms with van der Waals surface area (Å²) in [7, 11) is 0. The molecule has 5 aromatic rings. The van der Waals surface area contributed by atoms with Crippen LogP contribution in [0.5, 0.6) is 0 Å². The molecule has 1 N–H and O–H groups in total. The van der Waals surface area contributed by atoms with Crippen LogP contribution in [0, 0.1) is 15.9 Å². The lowest BCUT2D eigenvalue weighted by Gasteiger charge is -2.06. The molecule has 1 amide bonds. The summed E-state index contributed by atoms with van der Waals surface area (Å²) in [6.45, 7) is 0.547. The van der Waals surface area contributed by atoms with Gasteiger partial charge in [-0.3, -0.25) is 14.9 Å². The lowest BCUT2D eigenvalue weighted by atomic mass is 10.1. The van der Waals surface area contributed by atoms with Crippen molar-refractivity contribution in [1.29, 1.82) is 0 Å². The molecule has 0 atom stereocenters. The predicted molar refractivity (Wildman–Crippen MR) is 125 cm³/mol. The topological polar surface area (TPSA) is 103 Å². The van der Waals surface area contributed by atoms with Crippen LogP contribution in [0.15, 0.2) is 88.5 Å². The molecule has 0 saturated heterocycles. The predicted octanol–water partition coefficient (Wildman–Crippen LogP) is 5.25. The first-order valence-electron chi connectivity index (χ1n) is 10.3. The highest BCUT2D eigenvalue weighted by Gasteiger charge is 2.14. The van der Waals surface area contributed by atoms with Gasteiger partial charge in [-0.2, -0.15) is 5.10 Å². The van der Waals surface area contributed by atoms with Crippen molar-refractivity contribution in [3.63, 3.8) is 0 Å². The smallest absolute Gasteiger partial charge is 0.307 e. The Bertz CT molecular complexity index is 1580. The molecule has 0 spiro atoms. The number of hydrogen-bond acceptors (Lipinski definition) is 5. The van der Waals surface area contributed by atoms with E-state index in [0.29, 0.717) is 17.5 Å². The van der Waals surface area contributed by atoms with Crippen LogP contribution in [-0.4, -0.2) is 21.6 Å². The first-order valence-corrected chi connectivity index (χ1v) is 10.3. The number of carbonyl (C=O) groups is 1. The van der Waals surface area contributed by atoms with Gasteiger partial charge in [0.25, 0.3) is 5.69 Å². The number of hydrazone groups is 1. The van der Waals surface area contributed by atoms with E-state index < -0.39 is 10.8 Å². The number of nitro groups is 1. The number of nitro benzene ring substituents is 1. The van der Waals surface area contributed by atoms with Gasteiger partial charge in [-0.05, 0) is 53.6 Å². The number of halogens is 1. The Morgan fingerprint density at radius 1 is 1.09 bits per heavy atom. The van der Waals surface area contributed by atoms with E-state index in [9.17, 15) is 19.3 Å². The van der Waals surface area contributed by atoms with Gasteiger partial charge >= 0.3 is 5.91 Å². The number of fused-ring (bicyclic) bond motifs is 2. The Hall–Kier alpha value is -4.79. The molecule has 0 aliphatic heterocycles. The number of benzene rings is 3. The molecule has 0 saturated carbocycles. The van der Waals surface area contributed by atoms with Crippen molar-refractivity contribution in [3.05, 3.63) is 112 Å². The Labute approximate surface area is 192 Å². The number of nitrogens with zero attached hydrogens (tertiary/aromatic N) is 3. The zero-order valence-corrected chi connectivity index (χ0v) is 17.6. The lowest BCUT2D eigenvalue weighted by Crippen LogP contribution is -2.16. The maximum atomic E-state index is 13.5. The Morgan fingerprint density at radius 2 is 1.97 bits per heavy atom. The molecular weight excluding hydrogens is 439 g/mol. The summed E-state index contributed by atoms with van der Waals surface area (Å²) in [4.78, 5) is 22.7. The van der Waals surface area contributed by atoms with E-state index >= 15 is 0 Å². The van der Waals surface area contributed by atoms with Crippen LogP contribution in [0.3, 0.4) is 0 Å². The number of rotatable bonds is 6. The highest BCUT2D eigenvalue weighted by Crippen LogP contribution is 2.24. The Morgan fingerprint density at radius 3 is 2.79 bits per heavy atom. The largest absolute Gasteiger partial charge is 0.451 e. The highest BCUT2D eigenvalue weighted by molar-refractivity contribution is 5.97. The molecule has 0 unspecified atom stereocenters. The van der Waals surface area contributed by atoms with Crippen LogP contribution in [0.4, 0.5) is 10.1 Å². The number of furan rings is 1. The third kappa shape index (κ3) is 4.26. The number of hydrogen-bond donors (Lipinski definition) is 1. The van der Waals surface area contributed by atoms with Crippen LogP contribution in [0.1, 0.15) is 21.7 Å². The van der Waals surface area contributed by atoms with E-state index in [1.165, 1.54) is 42.6 Å². The van der Waals surface area contributed by atoms with Crippen molar-refractivity contribution in [1.82, 2.24) is 9.99 Å². The number of aromatic nitrogens is 1. The SMILES string of the molecule is O=C(N/N=C/c1ccc2c(ccn2Cc2cccc(F)c2)c1)c1cc2cc([N+](=O)[O-])ccc2o1. The zero-order valence-electron chi connectivity index (χ0n) is 17.6. The van der Waals surface area contributed by atoms with Crippen molar-refractivity contribution in [2.75, 3.05) is 0 Å². The van der Waals surface area contributed by atoms with Gasteiger partial charge in [0.05, 0.1) is 11.1 Å². The van der Waals surface area contributed by atoms with Crippen LogP contribution in [0.25, 0.3) is 21.9 Å². The molecule has 2 aromatic heterocycles. The average Bonchev–Trinajstić information content (AvgIpc) is 3.42. The third-order valence-electron chi connectivity index (χ3n) is 5.35. The fraction of sp³-hybridized carbons (Fsp3) is 0.0400. The van der Waals surface area contributed by atoms with Gasteiger partial charge in [0.1, 0.15) is 11.4 Å². The van der Waals surface area contributed by atoms with Crippen molar-refractivity contribution >= 4 is 39.7 Å². The normalized spacial score (nSPS) is 11.4. The minimum atomic E-state index is -0.572. The second kappa shape index (κ2) is 8.62. The Balaban J connectivity index is 1.28. The molecule has 8 nitrogen and oxygen atoms in total. The van der Waals surface area contributed by atoms with Crippen LogP contribution in [0.2, 0.25) is 0 Å². The summed E-state index contributed by atoms with van der Waals surface area (Å²) in [5.74, 6) is -0.839. The van der Waals surface area contributed by atoms with Gasteiger partial charge in [0.15, 0.2) is 5.76 Å². The fourth-order valence-electron chi connectivity index (χ4n) is 3.75. The summed E-state index contributed by atoms with van der Waals surface area (Å²) >= 11 is 0. The second-order valence-corrected chi connectivity index (χ2v) is 7.68. The minimum Gasteiger partial charge on any atom is -0.451 e. The van der Waals surface area contributed by atoms with Gasteiger partial charge in [0, 0.05) is 41.2 Å². The number of carbonyl (C=O) groups excluding carboxylic acids is 1. The molecule has 0 bridgehead atoms. The molecule has 9 heteroatoms. The summed E-state index contributed by atoms with van der Waals surface area (Å²) in [6.07, 6.45) is 3.44. The van der Waals surface area contributed by atoms with E-state index in [-0.39, 0.29) is 17.3 Å². The third-order valence-corrected chi connectivity index (χ3v) is 5.35. The molecule has 3 aromatic carbocycles. The van der Waals surface area contributed by atoms with E-state index in [2.05, 4.69) is 10.5 Å². The average molecular weight is 456 g/mol. The molecule has 0 aliphatic rings. The van der Waals surface area contributed by atoms with Gasteiger partial charge in [-0.15, -0.1) is 0 Å². The molecular formula is C25H17FN4O4. The summed E-state index contributed by atoms with van der Waals surface area (Å²) in [5, 5.41) is 16.3. The fourth-order valence-corrected chi connectivity index (χ4v) is 3.75. The van der Waals surface area contributed by atoms with E-state index in [1.54, 1.807) is 6.07 Å². The van der Waals surface area contributed by atoms with Gasteiger partial charge in [0.2, 0.25) is 0 Å². The van der Waals surface area contributed by atoms with Gasteiger partial charge in [-0.25, -0.2) is 9.82 Å².